The number of hydrogen-bond donors (Lipinski definition) is 6. The standard InChI is InChI=1S/C44H30N4O12S4.4Na.4H/c49-61(50,51)37-13-5-1-9-25(37)41-29-17-19-31(45-29)42(26-10-2-6-14-38(26)62(52,53)54)33-21-23-35(47-33)44(28-12-4-8-16-40(28)64(58,59)60)36-24-22-34(48-36)43(32-20-18-30(41)46-32)27-11-3-7-15-39(27)63(55,56)57;;;;;;;;/h1-24,45,48H,(H,49,50,51)(H,52,53,54)(H,55,56,57)(H,58,59,60);;;;;;;;/q;4*+1;4*-1. The summed E-state index contributed by atoms with van der Waals surface area (Å²) in [6.45, 7) is 0. The van der Waals surface area contributed by atoms with Gasteiger partial charge < -0.3 is 15.7 Å². The Morgan fingerprint density at radius 3 is 0.706 bits per heavy atom. The van der Waals surface area contributed by atoms with Crippen LogP contribution in [0.25, 0.3) is 90.9 Å². The molecule has 0 saturated heterocycles. The zero-order valence-corrected chi connectivity index (χ0v) is 47.7. The molecule has 0 fully saturated rings. The molecule has 0 atom stereocenters. The molecule has 330 valence electrons. The molecular formula is C44H34N4Na4O12S4. The molecule has 8 bridgehead atoms. The molecule has 2 aliphatic heterocycles. The van der Waals surface area contributed by atoms with Gasteiger partial charge in [-0.2, -0.15) is 33.7 Å². The normalized spacial score (nSPS) is 12.3. The van der Waals surface area contributed by atoms with Gasteiger partial charge in [-0.1, -0.05) is 72.8 Å². The Labute approximate surface area is 484 Å². The van der Waals surface area contributed by atoms with Crippen LogP contribution in [0, 0.1) is 0 Å². The summed E-state index contributed by atoms with van der Waals surface area (Å²) in [5, 5.41) is 0. The predicted octanol–water partition coefficient (Wildman–Crippen LogP) is -3.22. The van der Waals surface area contributed by atoms with Crippen LogP contribution in [0.15, 0.2) is 141 Å². The van der Waals surface area contributed by atoms with Gasteiger partial charge in [-0.05, 0) is 72.8 Å². The van der Waals surface area contributed by atoms with Crippen LogP contribution in [0.5, 0.6) is 0 Å². The first-order valence-corrected chi connectivity index (χ1v) is 24.5. The monoisotopic (exact) mass is 1030 g/mol. The molecule has 9 rings (SSSR count). The van der Waals surface area contributed by atoms with Crippen molar-refractivity contribution in [3.63, 3.8) is 0 Å². The largest absolute Gasteiger partial charge is 1.00 e. The van der Waals surface area contributed by atoms with Crippen molar-refractivity contribution in [1.29, 1.82) is 0 Å². The van der Waals surface area contributed by atoms with Crippen molar-refractivity contribution in [2.45, 2.75) is 19.6 Å². The molecule has 0 radical (unpaired) electrons. The molecule has 0 unspecified atom stereocenters. The Balaban J connectivity index is 0.00000324. The zero-order valence-electron chi connectivity index (χ0n) is 40.4. The van der Waals surface area contributed by atoms with E-state index in [9.17, 15) is 51.9 Å². The second kappa shape index (κ2) is 21.5. The Morgan fingerprint density at radius 2 is 0.515 bits per heavy atom. The smallest absolute Gasteiger partial charge is 1.00 e. The van der Waals surface area contributed by atoms with Crippen molar-refractivity contribution >= 4 is 86.8 Å². The fourth-order valence-corrected chi connectivity index (χ4v) is 10.7. The molecule has 3 aromatic heterocycles. The van der Waals surface area contributed by atoms with Crippen molar-refractivity contribution in [2.75, 3.05) is 0 Å². The van der Waals surface area contributed by atoms with Crippen molar-refractivity contribution < 1.29 is 176 Å². The molecule has 0 saturated carbocycles. The summed E-state index contributed by atoms with van der Waals surface area (Å²) in [6.07, 6.45) is 6.08. The zero-order chi connectivity index (χ0) is 45.3. The number of nitrogens with one attached hydrogen (secondary N) is 2. The van der Waals surface area contributed by atoms with E-state index in [1.54, 1.807) is 24.3 Å². The van der Waals surface area contributed by atoms with E-state index in [-0.39, 0.29) is 213 Å². The maximum absolute atomic E-state index is 12.9. The summed E-state index contributed by atoms with van der Waals surface area (Å²) in [4.78, 5) is 14.3. The summed E-state index contributed by atoms with van der Waals surface area (Å²) < 4.78 is 145. The molecule has 4 aromatic carbocycles. The van der Waals surface area contributed by atoms with Gasteiger partial charge in [0.25, 0.3) is 40.5 Å². The van der Waals surface area contributed by atoms with Gasteiger partial charge in [-0.25, -0.2) is 9.97 Å². The number of benzene rings is 4. The van der Waals surface area contributed by atoms with Gasteiger partial charge in [0, 0.05) is 66.6 Å². The third-order valence-corrected chi connectivity index (χ3v) is 14.1. The van der Waals surface area contributed by atoms with Crippen LogP contribution in [0.2, 0.25) is 0 Å². The maximum atomic E-state index is 12.9. The van der Waals surface area contributed by atoms with Gasteiger partial charge in [0.1, 0.15) is 19.6 Å². The van der Waals surface area contributed by atoms with Crippen LogP contribution in [0.4, 0.5) is 0 Å². The van der Waals surface area contributed by atoms with Gasteiger partial charge in [0.15, 0.2) is 0 Å². The van der Waals surface area contributed by atoms with E-state index in [1.165, 1.54) is 121 Å². The van der Waals surface area contributed by atoms with E-state index in [1.807, 2.05) is 0 Å². The van der Waals surface area contributed by atoms with Crippen LogP contribution in [0.1, 0.15) is 28.5 Å². The topological polar surface area (TPSA) is 275 Å². The van der Waals surface area contributed by atoms with Gasteiger partial charge in [-0.3, -0.25) is 18.2 Å². The molecular weight excluding hydrogens is 997 g/mol. The number of aromatic nitrogens is 4. The minimum absolute atomic E-state index is 0. The Morgan fingerprint density at radius 1 is 0.324 bits per heavy atom. The summed E-state index contributed by atoms with van der Waals surface area (Å²) in [5.74, 6) is 0. The van der Waals surface area contributed by atoms with E-state index < -0.39 is 60.1 Å². The number of nitrogens with zero attached hydrogens (tertiary/aromatic N) is 2. The van der Waals surface area contributed by atoms with Crippen LogP contribution in [-0.2, 0) is 40.5 Å². The van der Waals surface area contributed by atoms with Crippen molar-refractivity contribution in [3.05, 3.63) is 144 Å². The minimum Gasteiger partial charge on any atom is -1.00 e. The fraction of sp³-hybridized carbons (Fsp3) is 0. The maximum Gasteiger partial charge on any atom is 1.00 e. The quantitative estimate of drug-likeness (QED) is 0.0646. The number of hydrogen-bond acceptors (Lipinski definition) is 10. The Kier molecular flexibility index (Phi) is 17.7. The van der Waals surface area contributed by atoms with Crippen LogP contribution >= 0.6 is 0 Å². The number of H-pyrrole nitrogens is 2. The van der Waals surface area contributed by atoms with Crippen molar-refractivity contribution in [2.24, 2.45) is 0 Å². The van der Waals surface area contributed by atoms with E-state index in [0.717, 1.165) is 0 Å². The van der Waals surface area contributed by atoms with Gasteiger partial charge >= 0.3 is 118 Å². The first-order valence-electron chi connectivity index (χ1n) is 18.7. The van der Waals surface area contributed by atoms with Crippen LogP contribution in [-0.4, -0.2) is 71.8 Å². The van der Waals surface area contributed by atoms with Crippen molar-refractivity contribution in [1.82, 2.24) is 19.9 Å². The average Bonchev–Trinajstić information content (AvgIpc) is 4.08. The van der Waals surface area contributed by atoms with E-state index in [4.69, 9.17) is 9.97 Å². The fourth-order valence-electron chi connectivity index (χ4n) is 7.93. The first kappa shape index (κ1) is 56.0. The molecule has 5 heterocycles. The second-order valence-corrected chi connectivity index (χ2v) is 19.9. The minimum atomic E-state index is -4.89. The molecule has 7 aromatic rings. The van der Waals surface area contributed by atoms with Gasteiger partial charge in [-0.15, -0.1) is 0 Å². The molecule has 6 N–H and O–H groups in total. The molecule has 2 aliphatic rings. The van der Waals surface area contributed by atoms with Gasteiger partial charge in [0.05, 0.1) is 22.8 Å². The molecule has 0 spiro atoms. The SMILES string of the molecule is O=S(=O)(O)c1ccccc1-c1c2nc(c(-c3ccccc3S(=O)(=O)O)c3ccc([nH]3)c(-c3ccccc3S(=O)(=O)O)c3nc(c(-c4ccccc4S(=O)(=O)O)c4ccc1[nH]4)C=C3)C=C2.[H-].[H-].[H-].[H-].[Na+].[Na+].[Na+].[Na+]. The summed E-state index contributed by atoms with van der Waals surface area (Å²) in [7, 11) is -19.5. The Bertz CT molecular complexity index is 3410. The average molecular weight is 1030 g/mol. The molecule has 0 aliphatic carbocycles. The first-order chi connectivity index (χ1) is 30.3. The van der Waals surface area contributed by atoms with Crippen molar-refractivity contribution in [3.8, 4) is 44.5 Å². The number of aromatic amines is 2. The third kappa shape index (κ3) is 11.0. The van der Waals surface area contributed by atoms with E-state index in [0.29, 0.717) is 0 Å². The molecule has 16 nitrogen and oxygen atoms in total. The predicted molar refractivity (Wildman–Crippen MR) is 244 cm³/mol. The molecule has 24 heteroatoms. The van der Waals surface area contributed by atoms with Gasteiger partial charge in [0.2, 0.25) is 0 Å². The second-order valence-electron chi connectivity index (χ2n) is 14.4. The van der Waals surface area contributed by atoms with E-state index in [2.05, 4.69) is 9.97 Å². The molecule has 0 amide bonds. The van der Waals surface area contributed by atoms with Crippen LogP contribution < -0.4 is 118 Å². The van der Waals surface area contributed by atoms with Crippen LogP contribution in [0.3, 0.4) is 0 Å². The summed E-state index contributed by atoms with van der Waals surface area (Å²) in [6, 6.07) is 28.5. The number of fused-ring (bicyclic) bond motifs is 8. The molecule has 68 heavy (non-hydrogen) atoms. The summed E-state index contributed by atoms with van der Waals surface area (Å²) in [5.41, 5.74) is 1.54. The number of rotatable bonds is 8. The van der Waals surface area contributed by atoms with E-state index >= 15 is 0 Å². The summed E-state index contributed by atoms with van der Waals surface area (Å²) >= 11 is 0. The third-order valence-electron chi connectivity index (χ3n) is 10.5. The Hall–Kier alpha value is -2.88.